The number of alkyl halides is 2. The van der Waals surface area contributed by atoms with Crippen LogP contribution in [0.5, 0.6) is 0 Å². The maximum absolute atomic E-state index is 13.4. The zero-order chi connectivity index (χ0) is 17.3. The number of nitriles is 1. The number of amides is 2. The molecule has 1 saturated heterocycles. The smallest absolute Gasteiger partial charge is 0.268 e. The first-order chi connectivity index (χ1) is 11.4. The highest BCUT2D eigenvalue weighted by Crippen LogP contribution is 2.31. The first-order valence-electron chi connectivity index (χ1n) is 7.73. The van der Waals surface area contributed by atoms with Crippen LogP contribution in [0.4, 0.5) is 8.78 Å². The van der Waals surface area contributed by atoms with Crippen molar-refractivity contribution in [2.75, 3.05) is 13.1 Å². The van der Waals surface area contributed by atoms with Gasteiger partial charge in [0.2, 0.25) is 5.91 Å². The van der Waals surface area contributed by atoms with E-state index in [1.165, 1.54) is 0 Å². The molecule has 126 valence electrons. The minimum atomic E-state index is -3.06. The van der Waals surface area contributed by atoms with E-state index in [9.17, 15) is 18.4 Å². The van der Waals surface area contributed by atoms with Crippen molar-refractivity contribution in [3.05, 3.63) is 29.1 Å². The molecule has 8 heteroatoms. The van der Waals surface area contributed by atoms with Crippen LogP contribution in [0.2, 0.25) is 0 Å². The third-order valence-electron chi connectivity index (χ3n) is 4.37. The summed E-state index contributed by atoms with van der Waals surface area (Å²) in [6, 6.07) is 2.14. The molecule has 2 heterocycles. The normalized spacial score (nSPS) is 21.2. The van der Waals surface area contributed by atoms with E-state index in [1.54, 1.807) is 18.3 Å². The maximum Gasteiger partial charge on any atom is 0.268 e. The van der Waals surface area contributed by atoms with Crippen molar-refractivity contribution in [3.63, 3.8) is 0 Å². The monoisotopic (exact) mass is 334 g/mol. The number of hydrogen-bond donors (Lipinski definition) is 1. The zero-order valence-electron chi connectivity index (χ0n) is 12.9. The van der Waals surface area contributed by atoms with Gasteiger partial charge in [0.15, 0.2) is 0 Å². The molecule has 1 aromatic heterocycles. The van der Waals surface area contributed by atoms with Crippen molar-refractivity contribution >= 4 is 11.8 Å². The Labute approximate surface area is 137 Å². The number of nitrogens with one attached hydrogen (secondary N) is 1. The summed E-state index contributed by atoms with van der Waals surface area (Å²) in [5.74, 6) is -4.17. The van der Waals surface area contributed by atoms with Crippen molar-refractivity contribution in [3.8, 4) is 6.07 Å². The number of aryl methyl sites for hydroxylation is 1. The first-order valence-corrected chi connectivity index (χ1v) is 7.73. The molecule has 0 radical (unpaired) electrons. The Hall–Kier alpha value is -2.56. The van der Waals surface area contributed by atoms with Gasteiger partial charge >= 0.3 is 0 Å². The van der Waals surface area contributed by atoms with Gasteiger partial charge in [-0.05, 0) is 30.9 Å². The molecule has 2 amide bonds. The lowest BCUT2D eigenvalue weighted by Gasteiger charge is -2.19. The van der Waals surface area contributed by atoms with Crippen molar-refractivity contribution in [2.24, 2.45) is 0 Å². The van der Waals surface area contributed by atoms with E-state index in [-0.39, 0.29) is 0 Å². The molecule has 1 aromatic rings. The van der Waals surface area contributed by atoms with Gasteiger partial charge in [-0.3, -0.25) is 14.6 Å². The predicted octanol–water partition coefficient (Wildman–Crippen LogP) is 1.06. The molecule has 6 nitrogen and oxygen atoms in total. The van der Waals surface area contributed by atoms with Gasteiger partial charge in [-0.25, -0.2) is 8.78 Å². The number of hydrogen-bond acceptors (Lipinski definition) is 4. The fourth-order valence-electron chi connectivity index (χ4n) is 3.22. The second-order valence-electron chi connectivity index (χ2n) is 6.05. The van der Waals surface area contributed by atoms with E-state index in [1.807, 2.05) is 0 Å². The molecule has 0 saturated carbocycles. The Bertz CT molecular complexity index is 729. The van der Waals surface area contributed by atoms with E-state index < -0.39 is 43.3 Å². The van der Waals surface area contributed by atoms with Crippen LogP contribution in [-0.2, 0) is 17.6 Å². The Morgan fingerprint density at radius 3 is 3.00 bits per heavy atom. The van der Waals surface area contributed by atoms with Gasteiger partial charge in [-0.15, -0.1) is 0 Å². The molecule has 1 aliphatic heterocycles. The first kappa shape index (κ1) is 16.3. The van der Waals surface area contributed by atoms with Gasteiger partial charge in [0, 0.05) is 23.9 Å². The quantitative estimate of drug-likeness (QED) is 0.895. The largest absolute Gasteiger partial charge is 0.343 e. The molecule has 0 aromatic carbocycles. The number of likely N-dealkylation sites (tertiary alicyclic amines) is 1. The number of fused-ring (bicyclic) bond motifs is 1. The molecule has 0 spiro atoms. The minimum Gasteiger partial charge on any atom is -0.343 e. The summed E-state index contributed by atoms with van der Waals surface area (Å²) in [6.45, 7) is -1.20. The molecular weight excluding hydrogens is 318 g/mol. The third-order valence-corrected chi connectivity index (χ3v) is 4.37. The van der Waals surface area contributed by atoms with E-state index in [4.69, 9.17) is 5.26 Å². The number of aromatic nitrogens is 1. The SMILES string of the molecule is N#C[C@@H]1CC(F)(F)CN1C(=O)CNC(=O)c1ccnc2c1CCC2. The molecule has 0 unspecified atom stereocenters. The van der Waals surface area contributed by atoms with Crippen LogP contribution >= 0.6 is 0 Å². The minimum absolute atomic E-state index is 0.413. The van der Waals surface area contributed by atoms with Gasteiger partial charge in [-0.2, -0.15) is 5.26 Å². The van der Waals surface area contributed by atoms with Crippen molar-refractivity contribution in [1.29, 1.82) is 5.26 Å². The summed E-state index contributed by atoms with van der Waals surface area (Å²) >= 11 is 0. The second-order valence-corrected chi connectivity index (χ2v) is 6.05. The molecule has 1 fully saturated rings. The third kappa shape index (κ3) is 3.07. The predicted molar refractivity (Wildman–Crippen MR) is 79.3 cm³/mol. The second kappa shape index (κ2) is 6.15. The van der Waals surface area contributed by atoms with Gasteiger partial charge < -0.3 is 10.2 Å². The standard InChI is InChI=1S/C16H16F2N4O2/c17-16(18)6-10(7-19)22(9-16)14(23)8-21-15(24)12-4-5-20-13-3-1-2-11(12)13/h4-5,10H,1-3,6,8-9H2,(H,21,24)/t10-/m0/s1. The Balaban J connectivity index is 1.64. The highest BCUT2D eigenvalue weighted by atomic mass is 19.3. The zero-order valence-corrected chi connectivity index (χ0v) is 12.9. The number of carbonyl (C=O) groups is 2. The lowest BCUT2D eigenvalue weighted by atomic mass is 10.1. The van der Waals surface area contributed by atoms with Crippen LogP contribution < -0.4 is 5.32 Å². The van der Waals surface area contributed by atoms with E-state index in [0.717, 1.165) is 35.4 Å². The van der Waals surface area contributed by atoms with E-state index in [0.29, 0.717) is 5.56 Å². The van der Waals surface area contributed by atoms with Gasteiger partial charge in [0.05, 0.1) is 19.2 Å². The molecule has 1 atom stereocenters. The number of nitrogens with zero attached hydrogens (tertiary/aromatic N) is 3. The summed E-state index contributed by atoms with van der Waals surface area (Å²) < 4.78 is 26.7. The Morgan fingerprint density at radius 2 is 2.25 bits per heavy atom. The number of halogens is 2. The lowest BCUT2D eigenvalue weighted by Crippen LogP contribution is -2.43. The highest BCUT2D eigenvalue weighted by molar-refractivity contribution is 5.98. The summed E-state index contributed by atoms with van der Waals surface area (Å²) in [4.78, 5) is 29.4. The molecule has 24 heavy (non-hydrogen) atoms. The Kier molecular flexibility index (Phi) is 4.18. The van der Waals surface area contributed by atoms with Crippen molar-refractivity contribution < 1.29 is 18.4 Å². The molecule has 1 N–H and O–H groups in total. The number of carbonyl (C=O) groups excluding carboxylic acids is 2. The molecular formula is C16H16F2N4O2. The van der Waals surface area contributed by atoms with E-state index in [2.05, 4.69) is 10.3 Å². The highest BCUT2D eigenvalue weighted by Gasteiger charge is 2.47. The molecule has 1 aliphatic carbocycles. The fraction of sp³-hybridized carbons (Fsp3) is 0.500. The van der Waals surface area contributed by atoms with Crippen LogP contribution in [0.25, 0.3) is 0 Å². The Morgan fingerprint density at radius 1 is 1.46 bits per heavy atom. The topological polar surface area (TPSA) is 86.1 Å². The van der Waals surface area contributed by atoms with Crippen molar-refractivity contribution in [1.82, 2.24) is 15.2 Å². The summed E-state index contributed by atoms with van der Waals surface area (Å²) in [6.07, 6.45) is 3.39. The summed E-state index contributed by atoms with van der Waals surface area (Å²) in [7, 11) is 0. The van der Waals surface area contributed by atoms with Crippen LogP contribution in [0, 0.1) is 11.3 Å². The van der Waals surface area contributed by atoms with Crippen LogP contribution in [-0.4, -0.2) is 46.8 Å². The average molecular weight is 334 g/mol. The fourth-order valence-corrected chi connectivity index (χ4v) is 3.22. The van der Waals surface area contributed by atoms with Crippen LogP contribution in [0.15, 0.2) is 12.3 Å². The van der Waals surface area contributed by atoms with Crippen LogP contribution in [0.3, 0.4) is 0 Å². The lowest BCUT2D eigenvalue weighted by molar-refractivity contribution is -0.131. The van der Waals surface area contributed by atoms with E-state index >= 15 is 0 Å². The van der Waals surface area contributed by atoms with Crippen LogP contribution in [0.1, 0.15) is 34.5 Å². The summed E-state index contributed by atoms with van der Waals surface area (Å²) in [5, 5.41) is 11.4. The molecule has 2 aliphatic rings. The number of rotatable bonds is 3. The van der Waals surface area contributed by atoms with Crippen molar-refractivity contribution in [2.45, 2.75) is 37.6 Å². The molecule has 0 bridgehead atoms. The van der Waals surface area contributed by atoms with Gasteiger partial charge in [0.25, 0.3) is 11.8 Å². The van der Waals surface area contributed by atoms with Gasteiger partial charge in [0.1, 0.15) is 6.04 Å². The van der Waals surface area contributed by atoms with Gasteiger partial charge in [-0.1, -0.05) is 0 Å². The average Bonchev–Trinajstić information content (AvgIpc) is 3.15. The summed E-state index contributed by atoms with van der Waals surface area (Å²) in [5.41, 5.74) is 2.23. The molecule has 3 rings (SSSR count). The number of pyridine rings is 1. The maximum atomic E-state index is 13.4.